The number of rotatable bonds is 0. The van der Waals surface area contributed by atoms with Gasteiger partial charge >= 0.3 is 18.6 Å². The molecule has 0 heterocycles. The fourth-order valence-corrected chi connectivity index (χ4v) is 1.53. The molecule has 1 fully saturated rings. The fraction of sp³-hybridized carbons (Fsp3) is 0.667. The summed E-state index contributed by atoms with van der Waals surface area (Å²) < 4.78 is 0. The second kappa shape index (κ2) is 7.54. The summed E-state index contributed by atoms with van der Waals surface area (Å²) in [6.45, 7) is 4.00. The molecule has 0 bridgehead atoms. The summed E-state index contributed by atoms with van der Waals surface area (Å²) in [4.78, 5) is 0. The Hall–Kier alpha value is 0.144. The van der Waals surface area contributed by atoms with Gasteiger partial charge in [0.25, 0.3) is 0 Å². The van der Waals surface area contributed by atoms with E-state index in [-0.39, 0.29) is 18.6 Å². The minimum absolute atomic E-state index is 0. The number of hydrogen-bond donors (Lipinski definition) is 0. The molecule has 2 unspecified atom stereocenters. The molecular formula is C12H18V. The van der Waals surface area contributed by atoms with E-state index in [1.807, 2.05) is 20.3 Å². The van der Waals surface area contributed by atoms with Crippen LogP contribution in [0.4, 0.5) is 0 Å². The molecule has 2 rings (SSSR count). The number of hydrogen-bond acceptors (Lipinski definition) is 0. The summed E-state index contributed by atoms with van der Waals surface area (Å²) in [5.74, 6) is 8.26. The van der Waals surface area contributed by atoms with E-state index in [9.17, 15) is 0 Å². The Balaban J connectivity index is 0.000000324. The Labute approximate surface area is 94.8 Å². The molecule has 0 aliphatic heterocycles. The molecule has 13 heavy (non-hydrogen) atoms. The van der Waals surface area contributed by atoms with Gasteiger partial charge in [-0.05, 0) is 0 Å². The van der Waals surface area contributed by atoms with Crippen LogP contribution in [0.3, 0.4) is 0 Å². The summed E-state index contributed by atoms with van der Waals surface area (Å²) in [7, 11) is 0. The van der Waals surface area contributed by atoms with E-state index in [1.54, 1.807) is 0 Å². The third kappa shape index (κ3) is 5.45. The van der Waals surface area contributed by atoms with Gasteiger partial charge in [-0.25, -0.2) is 0 Å². The second-order valence-corrected chi connectivity index (χ2v) is 3.53. The number of fused-ring (bicyclic) bond motifs is 1. The van der Waals surface area contributed by atoms with Crippen LogP contribution in [0.1, 0.15) is 39.5 Å². The van der Waals surface area contributed by atoms with Crippen LogP contribution < -0.4 is 0 Å². The first kappa shape index (κ1) is 13.1. The van der Waals surface area contributed by atoms with Crippen molar-refractivity contribution in [1.29, 1.82) is 0 Å². The molecule has 1 heteroatoms. The maximum Gasteiger partial charge on any atom is 2.00 e. The van der Waals surface area contributed by atoms with E-state index in [0.29, 0.717) is 0 Å². The maximum atomic E-state index is 3.17. The second-order valence-electron chi connectivity index (χ2n) is 3.53. The molecule has 2 aliphatic rings. The fourth-order valence-electron chi connectivity index (χ4n) is 1.53. The van der Waals surface area contributed by atoms with E-state index >= 15 is 0 Å². The Morgan fingerprint density at radius 3 is 1.85 bits per heavy atom. The van der Waals surface area contributed by atoms with Crippen molar-refractivity contribution in [3.05, 3.63) is 12.8 Å². The van der Waals surface area contributed by atoms with Crippen molar-refractivity contribution < 1.29 is 18.6 Å². The monoisotopic (exact) mass is 213 g/mol. The van der Waals surface area contributed by atoms with E-state index in [0.717, 1.165) is 24.7 Å². The third-order valence-corrected chi connectivity index (χ3v) is 2.23. The van der Waals surface area contributed by atoms with Crippen molar-refractivity contribution in [3.8, 4) is 11.8 Å². The molecule has 71 valence electrons. The normalized spacial score (nSPS) is 28.5. The van der Waals surface area contributed by atoms with Crippen LogP contribution in [-0.2, 0) is 18.6 Å². The largest absolute Gasteiger partial charge is 2.00 e. The average molecular weight is 213 g/mol. The van der Waals surface area contributed by atoms with Crippen molar-refractivity contribution in [2.75, 3.05) is 0 Å². The molecule has 1 radical (unpaired) electrons. The van der Waals surface area contributed by atoms with Crippen molar-refractivity contribution in [2.24, 2.45) is 11.8 Å². The molecule has 1 saturated carbocycles. The maximum absolute atomic E-state index is 3.17. The van der Waals surface area contributed by atoms with Gasteiger partial charge in [0.1, 0.15) is 0 Å². The first-order valence-electron chi connectivity index (χ1n) is 4.93. The topological polar surface area (TPSA) is 0 Å². The molecule has 2 atom stereocenters. The summed E-state index contributed by atoms with van der Waals surface area (Å²) >= 11 is 0. The minimum atomic E-state index is 0. The van der Waals surface area contributed by atoms with Gasteiger partial charge in [0, 0.05) is 12.8 Å². The van der Waals surface area contributed by atoms with Crippen LogP contribution in [-0.4, -0.2) is 0 Å². The van der Waals surface area contributed by atoms with E-state index < -0.39 is 0 Å². The Morgan fingerprint density at radius 1 is 1.08 bits per heavy atom. The first-order chi connectivity index (χ1) is 5.88. The van der Waals surface area contributed by atoms with Crippen LogP contribution in [0.25, 0.3) is 0 Å². The zero-order valence-corrected chi connectivity index (χ0v) is 9.98. The van der Waals surface area contributed by atoms with E-state index in [2.05, 4.69) is 18.3 Å². The van der Waals surface area contributed by atoms with E-state index in [4.69, 9.17) is 0 Å². The van der Waals surface area contributed by atoms with Gasteiger partial charge in [0.05, 0.1) is 0 Å². The van der Waals surface area contributed by atoms with Crippen molar-refractivity contribution in [1.82, 2.24) is 0 Å². The summed E-state index contributed by atoms with van der Waals surface area (Å²) in [6.07, 6.45) is 9.40. The standard InChI is InChI=1S/C9H11.C3H7.V/c1-2-4-6-9-7-8(9)5-3-1;1-3-2;/h7-9H,3-6H2;3H,1-2H3;/q2*-1;+2. The molecule has 0 aromatic rings. The molecule has 2 aliphatic carbocycles. The predicted molar refractivity (Wildman–Crippen MR) is 53.2 cm³/mol. The zero-order valence-electron chi connectivity index (χ0n) is 8.59. The zero-order chi connectivity index (χ0) is 8.81. The van der Waals surface area contributed by atoms with Gasteiger partial charge < -0.3 is 12.8 Å². The van der Waals surface area contributed by atoms with Crippen LogP contribution in [0, 0.1) is 36.5 Å². The summed E-state index contributed by atoms with van der Waals surface area (Å²) in [5, 5.41) is 0. The Bertz CT molecular complexity index is 159. The van der Waals surface area contributed by atoms with Crippen molar-refractivity contribution >= 4 is 0 Å². The first-order valence-corrected chi connectivity index (χ1v) is 4.93. The molecule has 0 N–H and O–H groups in total. The predicted octanol–water partition coefficient (Wildman–Crippen LogP) is 3.24. The van der Waals surface area contributed by atoms with Gasteiger partial charge in [-0.2, -0.15) is 25.7 Å². The van der Waals surface area contributed by atoms with Gasteiger partial charge in [-0.1, -0.05) is 12.8 Å². The molecule has 0 amide bonds. The quantitative estimate of drug-likeness (QED) is 0.428. The van der Waals surface area contributed by atoms with Crippen LogP contribution in [0.2, 0.25) is 0 Å². The SMILES string of the molecule is C1#CCCC2[CH-]C2CC1.C[CH-]C.[V+2]. The van der Waals surface area contributed by atoms with Crippen molar-refractivity contribution in [3.63, 3.8) is 0 Å². The Morgan fingerprint density at radius 2 is 1.46 bits per heavy atom. The molecule has 0 aromatic carbocycles. The molecular weight excluding hydrogens is 195 g/mol. The average Bonchev–Trinajstić information content (AvgIpc) is 2.68. The van der Waals surface area contributed by atoms with Crippen molar-refractivity contribution in [2.45, 2.75) is 39.5 Å². The smallest absolute Gasteiger partial charge is 0.335 e. The molecule has 0 nitrogen and oxygen atoms in total. The molecule has 0 spiro atoms. The Kier molecular flexibility index (Phi) is 7.62. The summed E-state index contributed by atoms with van der Waals surface area (Å²) in [6, 6.07) is 0. The van der Waals surface area contributed by atoms with Gasteiger partial charge in [-0.3, -0.25) is 0 Å². The van der Waals surface area contributed by atoms with Crippen LogP contribution in [0.15, 0.2) is 0 Å². The van der Waals surface area contributed by atoms with Crippen LogP contribution >= 0.6 is 0 Å². The van der Waals surface area contributed by atoms with Gasteiger partial charge in [0.2, 0.25) is 0 Å². The molecule has 0 saturated heterocycles. The van der Waals surface area contributed by atoms with E-state index in [1.165, 1.54) is 12.8 Å². The van der Waals surface area contributed by atoms with Crippen LogP contribution in [0.5, 0.6) is 0 Å². The van der Waals surface area contributed by atoms with Gasteiger partial charge in [-0.15, -0.1) is 11.8 Å². The third-order valence-electron chi connectivity index (χ3n) is 2.23. The van der Waals surface area contributed by atoms with Gasteiger partial charge in [0.15, 0.2) is 0 Å². The summed E-state index contributed by atoms with van der Waals surface area (Å²) in [5.41, 5.74) is 0. The minimum Gasteiger partial charge on any atom is -0.335 e. The molecule has 0 aromatic heterocycles.